The van der Waals surface area contributed by atoms with Gasteiger partial charge in [0.2, 0.25) is 0 Å². The molecule has 0 bridgehead atoms. The van der Waals surface area contributed by atoms with Gasteiger partial charge in [-0.15, -0.1) is 9.24 Å². The SMILES string of the molecule is Pc1c(C2CCCCC2)ccc2ccccc12. The predicted octanol–water partition coefficient (Wildman–Crippen LogP) is 4.39. The van der Waals surface area contributed by atoms with Crippen molar-refractivity contribution in [2.45, 2.75) is 38.0 Å². The fourth-order valence-electron chi connectivity index (χ4n) is 3.08. The van der Waals surface area contributed by atoms with Crippen LogP contribution in [0.2, 0.25) is 0 Å². The van der Waals surface area contributed by atoms with E-state index >= 15 is 0 Å². The minimum atomic E-state index is 0.792. The van der Waals surface area contributed by atoms with E-state index in [1.807, 2.05) is 0 Å². The summed E-state index contributed by atoms with van der Waals surface area (Å²) in [5.74, 6) is 0.792. The second-order valence-corrected chi connectivity index (χ2v) is 5.70. The molecule has 1 aliphatic rings. The molecule has 1 saturated carbocycles. The molecule has 0 N–H and O–H groups in total. The Hall–Kier alpha value is -0.870. The van der Waals surface area contributed by atoms with E-state index in [-0.39, 0.29) is 0 Å². The van der Waals surface area contributed by atoms with Crippen molar-refractivity contribution in [2.75, 3.05) is 0 Å². The second-order valence-electron chi connectivity index (χ2n) is 5.12. The van der Waals surface area contributed by atoms with Crippen LogP contribution in [0, 0.1) is 0 Å². The van der Waals surface area contributed by atoms with E-state index in [9.17, 15) is 0 Å². The fourth-order valence-corrected chi connectivity index (χ4v) is 3.68. The molecule has 0 heterocycles. The van der Waals surface area contributed by atoms with Gasteiger partial charge < -0.3 is 0 Å². The van der Waals surface area contributed by atoms with E-state index in [2.05, 4.69) is 45.6 Å². The maximum atomic E-state index is 2.97. The van der Waals surface area contributed by atoms with Crippen molar-refractivity contribution >= 4 is 25.3 Å². The first-order chi connectivity index (χ1) is 8.36. The Balaban J connectivity index is 2.07. The van der Waals surface area contributed by atoms with E-state index in [1.54, 1.807) is 5.56 Å². The van der Waals surface area contributed by atoms with Crippen LogP contribution < -0.4 is 5.30 Å². The van der Waals surface area contributed by atoms with Crippen LogP contribution in [0.15, 0.2) is 36.4 Å². The minimum absolute atomic E-state index is 0.792. The summed E-state index contributed by atoms with van der Waals surface area (Å²) in [6.45, 7) is 0. The van der Waals surface area contributed by atoms with Gasteiger partial charge in [0.05, 0.1) is 0 Å². The summed E-state index contributed by atoms with van der Waals surface area (Å²) in [7, 11) is 2.97. The third-order valence-corrected chi connectivity index (χ3v) is 4.69. The summed E-state index contributed by atoms with van der Waals surface area (Å²) in [6.07, 6.45) is 6.99. The van der Waals surface area contributed by atoms with Gasteiger partial charge in [0, 0.05) is 0 Å². The van der Waals surface area contributed by atoms with Crippen LogP contribution >= 0.6 is 9.24 Å². The van der Waals surface area contributed by atoms with Gasteiger partial charge in [0.15, 0.2) is 0 Å². The van der Waals surface area contributed by atoms with Crippen molar-refractivity contribution in [3.8, 4) is 0 Å². The number of hydrogen-bond acceptors (Lipinski definition) is 0. The standard InChI is InChI=1S/C16H19P/c17-16-14-9-5-4-8-13(14)10-11-15(16)12-6-2-1-3-7-12/h4-5,8-12H,1-3,6-7,17H2. The number of benzene rings is 2. The zero-order valence-corrected chi connectivity index (χ0v) is 11.3. The highest BCUT2D eigenvalue weighted by molar-refractivity contribution is 7.28. The van der Waals surface area contributed by atoms with E-state index in [1.165, 1.54) is 48.2 Å². The molecule has 0 spiro atoms. The van der Waals surface area contributed by atoms with Crippen LogP contribution in [0.4, 0.5) is 0 Å². The predicted molar refractivity (Wildman–Crippen MR) is 79.1 cm³/mol. The maximum Gasteiger partial charge on any atom is -0.0109 e. The monoisotopic (exact) mass is 242 g/mol. The largest absolute Gasteiger partial charge is 0.105 e. The summed E-state index contributed by atoms with van der Waals surface area (Å²) in [5, 5.41) is 4.19. The van der Waals surface area contributed by atoms with Crippen molar-refractivity contribution in [1.82, 2.24) is 0 Å². The van der Waals surface area contributed by atoms with E-state index in [4.69, 9.17) is 0 Å². The molecule has 17 heavy (non-hydrogen) atoms. The summed E-state index contributed by atoms with van der Waals surface area (Å²) >= 11 is 0. The van der Waals surface area contributed by atoms with Crippen LogP contribution in [0.25, 0.3) is 10.8 Å². The third kappa shape index (κ3) is 2.11. The highest BCUT2D eigenvalue weighted by Crippen LogP contribution is 2.33. The normalized spacial score (nSPS) is 17.5. The second kappa shape index (κ2) is 4.78. The molecule has 88 valence electrons. The maximum absolute atomic E-state index is 2.97. The highest BCUT2D eigenvalue weighted by Gasteiger charge is 2.17. The first-order valence-electron chi connectivity index (χ1n) is 6.63. The van der Waals surface area contributed by atoms with Crippen molar-refractivity contribution in [2.24, 2.45) is 0 Å². The molecule has 0 saturated heterocycles. The zero-order chi connectivity index (χ0) is 11.7. The Bertz CT molecular complexity index is 524. The smallest absolute Gasteiger partial charge is 0.0109 e. The number of hydrogen-bond donors (Lipinski definition) is 0. The average Bonchev–Trinajstić information content (AvgIpc) is 2.40. The molecular formula is C16H19P. The van der Waals surface area contributed by atoms with Crippen LogP contribution in [-0.4, -0.2) is 0 Å². The molecule has 1 aliphatic carbocycles. The lowest BCUT2D eigenvalue weighted by Gasteiger charge is -2.24. The van der Waals surface area contributed by atoms with Crippen LogP contribution in [-0.2, 0) is 0 Å². The summed E-state index contributed by atoms with van der Waals surface area (Å²) in [6, 6.07) is 13.3. The molecule has 0 aliphatic heterocycles. The van der Waals surface area contributed by atoms with Crippen molar-refractivity contribution in [1.29, 1.82) is 0 Å². The molecular weight excluding hydrogens is 223 g/mol. The fraction of sp³-hybridized carbons (Fsp3) is 0.375. The molecule has 0 radical (unpaired) electrons. The number of rotatable bonds is 1. The Kier molecular flexibility index (Phi) is 3.16. The molecule has 1 heteroatoms. The van der Waals surface area contributed by atoms with Crippen LogP contribution in [0.1, 0.15) is 43.6 Å². The Morgan fingerprint density at radius 2 is 1.65 bits per heavy atom. The van der Waals surface area contributed by atoms with Gasteiger partial charge in [-0.1, -0.05) is 55.7 Å². The lowest BCUT2D eigenvalue weighted by atomic mass is 9.83. The van der Waals surface area contributed by atoms with Gasteiger partial charge in [0.1, 0.15) is 0 Å². The first kappa shape index (κ1) is 11.2. The van der Waals surface area contributed by atoms with Gasteiger partial charge in [-0.25, -0.2) is 0 Å². The van der Waals surface area contributed by atoms with Crippen molar-refractivity contribution in [3.05, 3.63) is 42.0 Å². The summed E-state index contributed by atoms with van der Waals surface area (Å²) in [5.41, 5.74) is 1.56. The molecule has 0 nitrogen and oxygen atoms in total. The van der Waals surface area contributed by atoms with Gasteiger partial charge in [-0.2, -0.15) is 0 Å². The topological polar surface area (TPSA) is 0 Å². The molecule has 2 aromatic rings. The lowest BCUT2D eigenvalue weighted by Crippen LogP contribution is -2.12. The van der Waals surface area contributed by atoms with Crippen LogP contribution in [0.5, 0.6) is 0 Å². The molecule has 3 rings (SSSR count). The van der Waals surface area contributed by atoms with E-state index in [0.717, 1.165) is 5.92 Å². The Morgan fingerprint density at radius 1 is 0.882 bits per heavy atom. The average molecular weight is 242 g/mol. The molecule has 0 amide bonds. The zero-order valence-electron chi connectivity index (χ0n) is 10.2. The van der Waals surface area contributed by atoms with Gasteiger partial charge in [-0.3, -0.25) is 0 Å². The lowest BCUT2D eigenvalue weighted by molar-refractivity contribution is 0.445. The Morgan fingerprint density at radius 3 is 2.47 bits per heavy atom. The number of fused-ring (bicyclic) bond motifs is 1. The molecule has 1 unspecified atom stereocenters. The third-order valence-electron chi connectivity index (χ3n) is 4.05. The van der Waals surface area contributed by atoms with Gasteiger partial charge in [-0.05, 0) is 40.4 Å². The van der Waals surface area contributed by atoms with Gasteiger partial charge >= 0.3 is 0 Å². The van der Waals surface area contributed by atoms with Crippen molar-refractivity contribution < 1.29 is 0 Å². The highest BCUT2D eigenvalue weighted by atomic mass is 31.0. The quantitative estimate of drug-likeness (QED) is 0.651. The molecule has 1 fully saturated rings. The van der Waals surface area contributed by atoms with E-state index in [0.29, 0.717) is 0 Å². The molecule has 2 aromatic carbocycles. The summed E-state index contributed by atoms with van der Waals surface area (Å²) < 4.78 is 0. The first-order valence-corrected chi connectivity index (χ1v) is 7.21. The van der Waals surface area contributed by atoms with Crippen LogP contribution in [0.3, 0.4) is 0 Å². The van der Waals surface area contributed by atoms with E-state index < -0.39 is 0 Å². The minimum Gasteiger partial charge on any atom is -0.105 e. The van der Waals surface area contributed by atoms with Gasteiger partial charge in [0.25, 0.3) is 0 Å². The summed E-state index contributed by atoms with van der Waals surface area (Å²) in [4.78, 5) is 0. The molecule has 0 aromatic heterocycles. The van der Waals surface area contributed by atoms with Crippen molar-refractivity contribution in [3.63, 3.8) is 0 Å². The Labute approximate surface area is 106 Å². The molecule has 1 atom stereocenters.